The SMILES string of the molecule is COc1ccc(C2(C(=O)Nc3ccn(CCN(C)C)n3)CCCCC2)cc1. The standard InChI is InChI=1S/C21H30N4O2/c1-24(2)15-16-25-14-11-19(23-25)22-20(26)21(12-5-4-6-13-21)17-7-9-18(27-3)10-8-17/h7-11,14H,4-6,12-13,15-16H2,1-3H3,(H,22,23,26). The predicted molar refractivity (Wildman–Crippen MR) is 107 cm³/mol. The molecule has 0 atom stereocenters. The molecule has 0 unspecified atom stereocenters. The van der Waals surface area contributed by atoms with E-state index in [9.17, 15) is 4.79 Å². The maximum atomic E-state index is 13.3. The van der Waals surface area contributed by atoms with Gasteiger partial charge in [0.15, 0.2) is 5.82 Å². The fourth-order valence-corrected chi connectivity index (χ4v) is 3.80. The van der Waals surface area contributed by atoms with Crippen LogP contribution in [0.3, 0.4) is 0 Å². The summed E-state index contributed by atoms with van der Waals surface area (Å²) in [5.74, 6) is 1.48. The van der Waals surface area contributed by atoms with Gasteiger partial charge in [-0.3, -0.25) is 9.48 Å². The van der Waals surface area contributed by atoms with Crippen molar-refractivity contribution in [2.45, 2.75) is 44.1 Å². The first-order chi connectivity index (χ1) is 13.0. The predicted octanol–water partition coefficient (Wildman–Crippen LogP) is 3.29. The van der Waals surface area contributed by atoms with Gasteiger partial charge in [-0.1, -0.05) is 31.4 Å². The van der Waals surface area contributed by atoms with Crippen LogP contribution >= 0.6 is 0 Å². The number of aromatic nitrogens is 2. The van der Waals surface area contributed by atoms with Gasteiger partial charge in [0, 0.05) is 18.8 Å². The summed E-state index contributed by atoms with van der Waals surface area (Å²) in [6.45, 7) is 1.71. The van der Waals surface area contributed by atoms with E-state index in [1.165, 1.54) is 6.42 Å². The number of rotatable bonds is 7. The van der Waals surface area contributed by atoms with Crippen LogP contribution in [0.2, 0.25) is 0 Å². The first-order valence-corrected chi connectivity index (χ1v) is 9.68. The third kappa shape index (κ3) is 4.50. The minimum atomic E-state index is -0.488. The molecule has 1 aromatic carbocycles. The Morgan fingerprint density at radius 1 is 1.19 bits per heavy atom. The molecule has 146 valence electrons. The number of likely N-dealkylation sites (N-methyl/N-ethyl adjacent to an activating group) is 1. The van der Waals surface area contributed by atoms with Gasteiger partial charge in [-0.05, 0) is 44.6 Å². The molecule has 0 radical (unpaired) electrons. The number of benzene rings is 1. The highest BCUT2D eigenvalue weighted by atomic mass is 16.5. The summed E-state index contributed by atoms with van der Waals surface area (Å²) in [6, 6.07) is 9.81. The molecule has 1 saturated carbocycles. The second-order valence-electron chi connectivity index (χ2n) is 7.59. The zero-order chi connectivity index (χ0) is 19.3. The molecule has 1 N–H and O–H groups in total. The van der Waals surface area contributed by atoms with E-state index >= 15 is 0 Å². The number of hydrogen-bond donors (Lipinski definition) is 1. The highest BCUT2D eigenvalue weighted by molar-refractivity contribution is 5.98. The van der Waals surface area contributed by atoms with Crippen LogP contribution in [0.4, 0.5) is 5.82 Å². The zero-order valence-corrected chi connectivity index (χ0v) is 16.6. The summed E-state index contributed by atoms with van der Waals surface area (Å²) < 4.78 is 7.14. The van der Waals surface area contributed by atoms with Crippen molar-refractivity contribution < 1.29 is 9.53 Å². The first kappa shape index (κ1) is 19.4. The highest BCUT2D eigenvalue weighted by Gasteiger charge is 2.41. The molecule has 1 aliphatic rings. The van der Waals surface area contributed by atoms with Crippen LogP contribution in [0.1, 0.15) is 37.7 Å². The van der Waals surface area contributed by atoms with Gasteiger partial charge in [0.05, 0.1) is 19.1 Å². The Balaban J connectivity index is 1.77. The second-order valence-corrected chi connectivity index (χ2v) is 7.59. The fraction of sp³-hybridized carbons (Fsp3) is 0.524. The van der Waals surface area contributed by atoms with Crippen molar-refractivity contribution in [1.82, 2.24) is 14.7 Å². The fourth-order valence-electron chi connectivity index (χ4n) is 3.80. The van der Waals surface area contributed by atoms with Gasteiger partial charge in [-0.2, -0.15) is 5.10 Å². The van der Waals surface area contributed by atoms with Crippen LogP contribution in [0.5, 0.6) is 5.75 Å². The molecule has 3 rings (SSSR count). The van der Waals surface area contributed by atoms with E-state index in [1.807, 2.05) is 55.3 Å². The summed E-state index contributed by atoms with van der Waals surface area (Å²) >= 11 is 0. The molecule has 0 bridgehead atoms. The van der Waals surface area contributed by atoms with Crippen LogP contribution in [0.15, 0.2) is 36.5 Å². The maximum Gasteiger partial charge on any atom is 0.236 e. The molecule has 1 amide bonds. The molecule has 0 aliphatic heterocycles. The van der Waals surface area contributed by atoms with Crippen LogP contribution in [-0.2, 0) is 16.8 Å². The minimum Gasteiger partial charge on any atom is -0.497 e. The van der Waals surface area contributed by atoms with E-state index in [0.717, 1.165) is 50.1 Å². The molecule has 2 aromatic rings. The lowest BCUT2D eigenvalue weighted by Gasteiger charge is -2.36. The van der Waals surface area contributed by atoms with Crippen molar-refractivity contribution in [3.8, 4) is 5.75 Å². The van der Waals surface area contributed by atoms with E-state index in [2.05, 4.69) is 15.3 Å². The molecule has 1 fully saturated rings. The normalized spacial score (nSPS) is 16.3. The van der Waals surface area contributed by atoms with E-state index in [1.54, 1.807) is 7.11 Å². The van der Waals surface area contributed by atoms with Crippen molar-refractivity contribution >= 4 is 11.7 Å². The van der Waals surface area contributed by atoms with E-state index in [4.69, 9.17) is 4.74 Å². The van der Waals surface area contributed by atoms with Crippen LogP contribution in [0, 0.1) is 0 Å². The van der Waals surface area contributed by atoms with E-state index in [0.29, 0.717) is 5.82 Å². The number of nitrogens with one attached hydrogen (secondary N) is 1. The monoisotopic (exact) mass is 370 g/mol. The largest absolute Gasteiger partial charge is 0.497 e. The second kappa shape index (κ2) is 8.57. The number of methoxy groups -OCH3 is 1. The summed E-state index contributed by atoms with van der Waals surface area (Å²) in [7, 11) is 5.73. The molecule has 1 aromatic heterocycles. The number of nitrogens with zero attached hydrogens (tertiary/aromatic N) is 3. The van der Waals surface area contributed by atoms with Crippen molar-refractivity contribution in [2.24, 2.45) is 0 Å². The summed E-state index contributed by atoms with van der Waals surface area (Å²) in [5, 5.41) is 7.58. The Morgan fingerprint density at radius 3 is 2.52 bits per heavy atom. The first-order valence-electron chi connectivity index (χ1n) is 9.68. The average molecular weight is 370 g/mol. The van der Waals surface area contributed by atoms with Gasteiger partial charge in [0.1, 0.15) is 5.75 Å². The Hall–Kier alpha value is -2.34. The van der Waals surface area contributed by atoms with Gasteiger partial charge in [-0.15, -0.1) is 0 Å². The molecule has 6 nitrogen and oxygen atoms in total. The molecule has 0 saturated heterocycles. The van der Waals surface area contributed by atoms with Crippen molar-refractivity contribution in [1.29, 1.82) is 0 Å². The van der Waals surface area contributed by atoms with Crippen LogP contribution < -0.4 is 10.1 Å². The lowest BCUT2D eigenvalue weighted by atomic mass is 9.68. The number of carbonyl (C=O) groups is 1. The smallest absolute Gasteiger partial charge is 0.236 e. The van der Waals surface area contributed by atoms with Crippen molar-refractivity contribution in [3.63, 3.8) is 0 Å². The van der Waals surface area contributed by atoms with Crippen LogP contribution in [-0.4, -0.2) is 48.3 Å². The summed E-state index contributed by atoms with van der Waals surface area (Å²) in [4.78, 5) is 15.4. The average Bonchev–Trinajstić information content (AvgIpc) is 3.14. The highest BCUT2D eigenvalue weighted by Crippen LogP contribution is 2.41. The Morgan fingerprint density at radius 2 is 1.89 bits per heavy atom. The van der Waals surface area contributed by atoms with Gasteiger partial charge >= 0.3 is 0 Å². The van der Waals surface area contributed by atoms with Gasteiger partial charge in [0.25, 0.3) is 0 Å². The third-order valence-electron chi connectivity index (χ3n) is 5.44. The lowest BCUT2D eigenvalue weighted by molar-refractivity contribution is -0.122. The lowest BCUT2D eigenvalue weighted by Crippen LogP contribution is -2.42. The van der Waals surface area contributed by atoms with E-state index in [-0.39, 0.29) is 5.91 Å². The molecule has 6 heteroatoms. The molecule has 27 heavy (non-hydrogen) atoms. The van der Waals surface area contributed by atoms with Crippen molar-refractivity contribution in [3.05, 3.63) is 42.1 Å². The Bertz CT molecular complexity index is 746. The Kier molecular flexibility index (Phi) is 6.16. The van der Waals surface area contributed by atoms with Gasteiger partial charge < -0.3 is 15.0 Å². The number of ether oxygens (including phenoxy) is 1. The topological polar surface area (TPSA) is 59.4 Å². The quantitative estimate of drug-likeness (QED) is 0.812. The molecule has 1 heterocycles. The van der Waals surface area contributed by atoms with Gasteiger partial charge in [-0.25, -0.2) is 0 Å². The maximum absolute atomic E-state index is 13.3. The molecular weight excluding hydrogens is 340 g/mol. The van der Waals surface area contributed by atoms with Gasteiger partial charge in [0.2, 0.25) is 5.91 Å². The number of amides is 1. The molecule has 0 spiro atoms. The van der Waals surface area contributed by atoms with Crippen LogP contribution in [0.25, 0.3) is 0 Å². The van der Waals surface area contributed by atoms with Crippen molar-refractivity contribution in [2.75, 3.05) is 33.1 Å². The molecular formula is C21H30N4O2. The number of hydrogen-bond acceptors (Lipinski definition) is 4. The number of anilines is 1. The zero-order valence-electron chi connectivity index (χ0n) is 16.6. The number of carbonyl (C=O) groups excluding carboxylic acids is 1. The third-order valence-corrected chi connectivity index (χ3v) is 5.44. The Labute approximate surface area is 161 Å². The summed E-state index contributed by atoms with van der Waals surface area (Å²) in [5.41, 5.74) is 0.574. The van der Waals surface area contributed by atoms with E-state index < -0.39 is 5.41 Å². The summed E-state index contributed by atoms with van der Waals surface area (Å²) in [6.07, 6.45) is 6.97. The molecule has 1 aliphatic carbocycles. The minimum absolute atomic E-state index is 0.0465.